The number of hydrogen-bond acceptors (Lipinski definition) is 5. The SMILES string of the molecule is O=C(COc1ccc(Cl)c(F)c1)NC12CC(C1)C(NC(=O)C1CC(NC3CC(F)(F)C3)c3cc(Cl)ccc3O1)C2. The maximum absolute atomic E-state index is 13.6. The van der Waals surface area contributed by atoms with Gasteiger partial charge >= 0.3 is 0 Å². The number of benzene rings is 2. The maximum Gasteiger partial charge on any atom is 0.261 e. The second-order valence-electron chi connectivity index (χ2n) is 11.4. The van der Waals surface area contributed by atoms with E-state index in [0.717, 1.165) is 24.5 Å². The zero-order valence-electron chi connectivity index (χ0n) is 21.3. The Morgan fingerprint density at radius 3 is 2.55 bits per heavy atom. The molecule has 3 atom stereocenters. The van der Waals surface area contributed by atoms with E-state index in [9.17, 15) is 22.8 Å². The van der Waals surface area contributed by atoms with Gasteiger partial charge in [0.2, 0.25) is 0 Å². The molecule has 0 radical (unpaired) electrons. The molecule has 2 aromatic rings. The molecule has 7 nitrogen and oxygen atoms in total. The van der Waals surface area contributed by atoms with Crippen LogP contribution in [0.15, 0.2) is 36.4 Å². The number of carbonyl (C=O) groups excluding carboxylic acids is 2. The smallest absolute Gasteiger partial charge is 0.261 e. The van der Waals surface area contributed by atoms with Gasteiger partial charge in [-0.05, 0) is 55.5 Å². The molecule has 1 heterocycles. The zero-order valence-corrected chi connectivity index (χ0v) is 22.8. The molecular formula is C28H28Cl2F3N3O4. The van der Waals surface area contributed by atoms with Gasteiger partial charge in [0.15, 0.2) is 12.7 Å². The fraction of sp³-hybridized carbons (Fsp3) is 0.500. The van der Waals surface area contributed by atoms with Gasteiger partial charge in [-0.15, -0.1) is 0 Å². The van der Waals surface area contributed by atoms with E-state index >= 15 is 0 Å². The summed E-state index contributed by atoms with van der Waals surface area (Å²) in [5, 5.41) is 9.84. The lowest BCUT2D eigenvalue weighted by atomic mass is 9.76. The van der Waals surface area contributed by atoms with Gasteiger partial charge in [-0.3, -0.25) is 9.59 Å². The van der Waals surface area contributed by atoms with Gasteiger partial charge < -0.3 is 25.4 Å². The third-order valence-electron chi connectivity index (χ3n) is 8.36. The van der Waals surface area contributed by atoms with Gasteiger partial charge in [0.1, 0.15) is 17.3 Å². The summed E-state index contributed by atoms with van der Waals surface area (Å²) in [5.74, 6) is -2.98. The van der Waals surface area contributed by atoms with Crippen LogP contribution in [0.5, 0.6) is 11.5 Å². The van der Waals surface area contributed by atoms with Crippen molar-refractivity contribution in [3.8, 4) is 11.5 Å². The highest BCUT2D eigenvalue weighted by Crippen LogP contribution is 2.52. The van der Waals surface area contributed by atoms with Crippen molar-refractivity contribution < 1.29 is 32.2 Å². The summed E-state index contributed by atoms with van der Waals surface area (Å²) >= 11 is 11.8. The molecule has 2 amide bonds. The van der Waals surface area contributed by atoms with Crippen LogP contribution in [0, 0.1) is 11.7 Å². The fourth-order valence-corrected chi connectivity index (χ4v) is 6.75. The Bertz CT molecular complexity index is 1330. The van der Waals surface area contributed by atoms with E-state index in [1.807, 2.05) is 0 Å². The van der Waals surface area contributed by atoms with Crippen LogP contribution in [0.2, 0.25) is 10.0 Å². The van der Waals surface area contributed by atoms with E-state index in [4.69, 9.17) is 32.7 Å². The summed E-state index contributed by atoms with van der Waals surface area (Å²) in [6.07, 6.45) is 1.03. The van der Waals surface area contributed by atoms with Crippen LogP contribution >= 0.6 is 23.2 Å². The molecule has 2 bridgehead atoms. The molecule has 5 aliphatic rings. The molecule has 3 unspecified atom stereocenters. The highest BCUT2D eigenvalue weighted by atomic mass is 35.5. The van der Waals surface area contributed by atoms with Gasteiger partial charge in [-0.2, -0.15) is 0 Å². The average molecular weight is 598 g/mol. The predicted molar refractivity (Wildman–Crippen MR) is 141 cm³/mol. The molecule has 2 aromatic carbocycles. The molecule has 12 heteroatoms. The maximum atomic E-state index is 13.6. The van der Waals surface area contributed by atoms with Gasteiger partial charge in [0.05, 0.1) is 5.02 Å². The molecule has 1 aliphatic heterocycles. The monoisotopic (exact) mass is 597 g/mol. The Hall–Kier alpha value is -2.69. The first-order chi connectivity index (χ1) is 19.0. The van der Waals surface area contributed by atoms with Crippen LogP contribution in [-0.2, 0) is 9.59 Å². The fourth-order valence-electron chi connectivity index (χ4n) is 6.45. The van der Waals surface area contributed by atoms with Gasteiger partial charge in [-0.1, -0.05) is 23.2 Å². The highest BCUT2D eigenvalue weighted by molar-refractivity contribution is 6.31. The number of halogens is 5. The minimum Gasteiger partial charge on any atom is -0.484 e. The Kier molecular flexibility index (Phi) is 7.07. The number of ether oxygens (including phenoxy) is 2. The first-order valence-corrected chi connectivity index (χ1v) is 14.0. The molecule has 4 fully saturated rings. The van der Waals surface area contributed by atoms with Crippen LogP contribution in [0.1, 0.15) is 50.1 Å². The van der Waals surface area contributed by atoms with Crippen LogP contribution in [-0.4, -0.2) is 48.1 Å². The van der Waals surface area contributed by atoms with Crippen molar-refractivity contribution in [3.05, 3.63) is 57.8 Å². The lowest BCUT2D eigenvalue weighted by Gasteiger charge is -2.40. The summed E-state index contributed by atoms with van der Waals surface area (Å²) in [6, 6.07) is 8.24. The summed E-state index contributed by atoms with van der Waals surface area (Å²) < 4.78 is 51.9. The average Bonchev–Trinajstić information content (AvgIpc) is 3.37. The zero-order chi connectivity index (χ0) is 28.2. The van der Waals surface area contributed by atoms with Crippen molar-refractivity contribution in [2.24, 2.45) is 5.92 Å². The summed E-state index contributed by atoms with van der Waals surface area (Å²) in [5.41, 5.74) is 0.324. The van der Waals surface area contributed by atoms with Crippen molar-refractivity contribution in [1.29, 1.82) is 0 Å². The molecule has 0 aromatic heterocycles. The first-order valence-electron chi connectivity index (χ1n) is 13.3. The summed E-state index contributed by atoms with van der Waals surface area (Å²) in [6.45, 7) is -0.273. The van der Waals surface area contributed by atoms with Gasteiger partial charge in [0.25, 0.3) is 17.7 Å². The van der Waals surface area contributed by atoms with E-state index in [0.29, 0.717) is 17.2 Å². The van der Waals surface area contributed by atoms with Gasteiger partial charge in [-0.25, -0.2) is 13.2 Å². The lowest BCUT2D eigenvalue weighted by molar-refractivity contribution is -0.130. The highest BCUT2D eigenvalue weighted by Gasteiger charge is 2.57. The number of rotatable bonds is 8. The Balaban J connectivity index is 1.03. The van der Waals surface area contributed by atoms with Crippen molar-refractivity contribution in [2.75, 3.05) is 6.61 Å². The van der Waals surface area contributed by atoms with Crippen molar-refractivity contribution in [1.82, 2.24) is 16.0 Å². The minimum atomic E-state index is -2.66. The van der Waals surface area contributed by atoms with E-state index in [1.165, 1.54) is 12.1 Å². The van der Waals surface area contributed by atoms with E-state index in [-0.39, 0.29) is 72.5 Å². The summed E-state index contributed by atoms with van der Waals surface area (Å²) in [4.78, 5) is 25.8. The number of amides is 2. The van der Waals surface area contributed by atoms with Gasteiger partial charge in [0, 0.05) is 59.6 Å². The third-order valence-corrected chi connectivity index (χ3v) is 8.91. The predicted octanol–water partition coefficient (Wildman–Crippen LogP) is 4.94. The van der Waals surface area contributed by atoms with Crippen molar-refractivity contribution in [2.45, 2.75) is 74.2 Å². The molecule has 0 spiro atoms. The largest absolute Gasteiger partial charge is 0.484 e. The Morgan fingerprint density at radius 1 is 1.05 bits per heavy atom. The molecule has 7 rings (SSSR count). The standard InChI is InChI=1S/C28H28Cl2F3N3O4/c29-15-1-4-23-18(5-15)21(34-16-10-28(32,33)11-16)7-24(40-23)26(38)35-22-12-27(8-14(22)9-27)36-25(37)13-39-17-2-3-19(30)20(31)6-17/h1-6,14,16,21-22,24,34H,7-13H2,(H,35,38)(H,36,37). The summed E-state index contributed by atoms with van der Waals surface area (Å²) in [7, 11) is 0. The van der Waals surface area contributed by atoms with Crippen LogP contribution < -0.4 is 25.4 Å². The third kappa shape index (κ3) is 5.58. The number of alkyl halides is 2. The molecule has 3 N–H and O–H groups in total. The van der Waals surface area contributed by atoms with Crippen molar-refractivity contribution in [3.63, 3.8) is 0 Å². The number of carbonyl (C=O) groups is 2. The number of nitrogens with one attached hydrogen (secondary N) is 3. The minimum absolute atomic E-state index is 0.0303. The molecule has 4 aliphatic carbocycles. The number of hydrogen-bond donors (Lipinski definition) is 3. The second-order valence-corrected chi connectivity index (χ2v) is 12.2. The van der Waals surface area contributed by atoms with Crippen molar-refractivity contribution >= 4 is 35.0 Å². The number of fused-ring (bicyclic) bond motifs is 2. The van der Waals surface area contributed by atoms with E-state index in [2.05, 4.69) is 16.0 Å². The molecule has 0 saturated heterocycles. The quantitative estimate of drug-likeness (QED) is 0.401. The topological polar surface area (TPSA) is 88.7 Å². The van der Waals surface area contributed by atoms with Crippen LogP contribution in [0.25, 0.3) is 0 Å². The van der Waals surface area contributed by atoms with Crippen LogP contribution in [0.4, 0.5) is 13.2 Å². The van der Waals surface area contributed by atoms with E-state index < -0.39 is 23.4 Å². The molecule has 4 saturated carbocycles. The Morgan fingerprint density at radius 2 is 1.82 bits per heavy atom. The molecule has 40 heavy (non-hydrogen) atoms. The molecule has 214 valence electrons. The van der Waals surface area contributed by atoms with Crippen LogP contribution in [0.3, 0.4) is 0 Å². The second kappa shape index (κ2) is 10.3. The first kappa shape index (κ1) is 27.5. The lowest BCUT2D eigenvalue weighted by Crippen LogP contribution is -2.53. The van der Waals surface area contributed by atoms with E-state index in [1.54, 1.807) is 18.2 Å². The normalized spacial score (nSPS) is 29.8. The molecular weight excluding hydrogens is 570 g/mol. The Labute approximate surface area is 239 Å².